The number of carboxylic acid groups (broad SMARTS) is 1. The van der Waals surface area contributed by atoms with Crippen molar-refractivity contribution in [3.63, 3.8) is 0 Å². The predicted octanol–water partition coefficient (Wildman–Crippen LogP) is 4.68. The molecule has 0 saturated carbocycles. The van der Waals surface area contributed by atoms with Crippen molar-refractivity contribution < 1.29 is 19.1 Å². The summed E-state index contributed by atoms with van der Waals surface area (Å²) < 4.78 is 5.74. The zero-order valence-corrected chi connectivity index (χ0v) is 16.1. The van der Waals surface area contributed by atoms with E-state index in [9.17, 15) is 9.59 Å². The highest BCUT2D eigenvalue weighted by Gasteiger charge is 2.16. The van der Waals surface area contributed by atoms with Crippen molar-refractivity contribution in [1.82, 2.24) is 10.4 Å². The quantitative estimate of drug-likeness (QED) is 0.333. The molecule has 30 heavy (non-hydrogen) atoms. The number of oxazole rings is 1. The van der Waals surface area contributed by atoms with Crippen LogP contribution in [0.5, 0.6) is 0 Å². The van der Waals surface area contributed by atoms with Gasteiger partial charge in [-0.15, -0.1) is 0 Å². The summed E-state index contributed by atoms with van der Waals surface area (Å²) in [7, 11) is 0. The molecule has 0 aliphatic rings. The van der Waals surface area contributed by atoms with E-state index in [1.54, 1.807) is 54.6 Å². The Kier molecular flexibility index (Phi) is 5.23. The molecule has 0 fully saturated rings. The molecule has 0 saturated heterocycles. The van der Waals surface area contributed by atoms with Crippen molar-refractivity contribution in [3.8, 4) is 0 Å². The van der Waals surface area contributed by atoms with Crippen molar-refractivity contribution in [2.75, 3.05) is 10.7 Å². The van der Waals surface area contributed by atoms with Gasteiger partial charge in [-0.1, -0.05) is 17.7 Å². The number of nitrogens with zero attached hydrogens (tertiary/aromatic N) is 1. The number of halogens is 1. The van der Waals surface area contributed by atoms with E-state index >= 15 is 0 Å². The Morgan fingerprint density at radius 1 is 0.933 bits per heavy atom. The number of benzene rings is 3. The molecule has 4 rings (SSSR count). The Morgan fingerprint density at radius 2 is 1.63 bits per heavy atom. The van der Waals surface area contributed by atoms with Gasteiger partial charge in [0.1, 0.15) is 5.52 Å². The van der Waals surface area contributed by atoms with E-state index in [0.29, 0.717) is 27.4 Å². The van der Waals surface area contributed by atoms with E-state index in [4.69, 9.17) is 21.1 Å². The first-order chi connectivity index (χ1) is 14.5. The number of anilines is 3. The van der Waals surface area contributed by atoms with E-state index in [1.165, 1.54) is 12.1 Å². The van der Waals surface area contributed by atoms with Gasteiger partial charge in [0.15, 0.2) is 5.58 Å². The standard InChI is InChI=1S/C21H15ClN4O4/c22-13-6-10-14(11-7-13)23-21-24-17-3-1-2-16(18(17)30-21)19(27)26-25-15-8-4-12(5-9-15)20(28)29/h1-11,25H,(H,23,24)(H,26,27)(H,28,29). The zero-order chi connectivity index (χ0) is 21.1. The molecule has 1 amide bonds. The third kappa shape index (κ3) is 4.18. The molecule has 0 radical (unpaired) electrons. The molecule has 4 aromatic rings. The first kappa shape index (κ1) is 19.3. The Bertz CT molecular complexity index is 1220. The fraction of sp³-hybridized carbons (Fsp3) is 0. The average molecular weight is 423 g/mol. The lowest BCUT2D eigenvalue weighted by Crippen LogP contribution is -2.29. The van der Waals surface area contributed by atoms with Crippen LogP contribution in [0.4, 0.5) is 17.4 Å². The molecule has 0 bridgehead atoms. The van der Waals surface area contributed by atoms with E-state index in [0.717, 1.165) is 5.69 Å². The molecular weight excluding hydrogens is 408 g/mol. The van der Waals surface area contributed by atoms with Crippen molar-refractivity contribution in [3.05, 3.63) is 82.9 Å². The largest absolute Gasteiger partial charge is 0.478 e. The predicted molar refractivity (Wildman–Crippen MR) is 113 cm³/mol. The molecule has 1 heterocycles. The number of aromatic nitrogens is 1. The van der Waals surface area contributed by atoms with Crippen LogP contribution < -0.4 is 16.2 Å². The van der Waals surface area contributed by atoms with Gasteiger partial charge in [-0.05, 0) is 60.7 Å². The molecule has 0 unspecified atom stereocenters. The van der Waals surface area contributed by atoms with Gasteiger partial charge in [0.05, 0.1) is 16.8 Å². The van der Waals surface area contributed by atoms with Crippen LogP contribution in [0.1, 0.15) is 20.7 Å². The Balaban J connectivity index is 1.50. The summed E-state index contributed by atoms with van der Waals surface area (Å²) in [5.74, 6) is -1.46. The van der Waals surface area contributed by atoms with Gasteiger partial charge in [-0.2, -0.15) is 4.98 Å². The fourth-order valence-corrected chi connectivity index (χ4v) is 2.86. The Morgan fingerprint density at radius 3 is 2.33 bits per heavy atom. The minimum absolute atomic E-state index is 0.152. The SMILES string of the molecule is O=C(O)c1ccc(NNC(=O)c2cccc3nc(Nc4ccc(Cl)cc4)oc23)cc1. The lowest BCUT2D eigenvalue weighted by molar-refractivity contribution is 0.0696. The van der Waals surface area contributed by atoms with Gasteiger partial charge in [-0.25, -0.2) is 4.79 Å². The normalized spacial score (nSPS) is 10.6. The van der Waals surface area contributed by atoms with Crippen LogP contribution in [-0.4, -0.2) is 22.0 Å². The maximum Gasteiger partial charge on any atom is 0.335 e. The number of carbonyl (C=O) groups excluding carboxylic acids is 1. The number of rotatable bonds is 6. The molecule has 4 N–H and O–H groups in total. The number of para-hydroxylation sites is 1. The highest BCUT2D eigenvalue weighted by molar-refractivity contribution is 6.30. The first-order valence-corrected chi connectivity index (χ1v) is 9.19. The van der Waals surface area contributed by atoms with Crippen LogP contribution in [0.25, 0.3) is 11.1 Å². The number of carbonyl (C=O) groups is 2. The number of aromatic carboxylic acids is 1. The molecule has 1 aromatic heterocycles. The number of carboxylic acids is 1. The lowest BCUT2D eigenvalue weighted by Gasteiger charge is -2.08. The monoisotopic (exact) mass is 422 g/mol. The van der Waals surface area contributed by atoms with E-state index in [2.05, 4.69) is 21.2 Å². The molecule has 8 nitrogen and oxygen atoms in total. The summed E-state index contributed by atoms with van der Waals surface area (Å²) in [4.78, 5) is 27.9. The van der Waals surface area contributed by atoms with E-state index in [1.807, 2.05) is 0 Å². The second kappa shape index (κ2) is 8.14. The summed E-state index contributed by atoms with van der Waals surface area (Å²) in [5.41, 5.74) is 7.86. The second-order valence-electron chi connectivity index (χ2n) is 6.27. The third-order valence-corrected chi connectivity index (χ3v) is 4.46. The summed E-state index contributed by atoms with van der Waals surface area (Å²) in [5, 5.41) is 12.6. The number of hydrogen-bond donors (Lipinski definition) is 4. The van der Waals surface area contributed by atoms with Crippen LogP contribution >= 0.6 is 11.6 Å². The van der Waals surface area contributed by atoms with E-state index < -0.39 is 11.9 Å². The minimum atomic E-state index is -1.02. The molecule has 3 aromatic carbocycles. The van der Waals surface area contributed by atoms with Crippen LogP contribution in [0.15, 0.2) is 71.1 Å². The maximum atomic E-state index is 12.6. The van der Waals surface area contributed by atoms with E-state index in [-0.39, 0.29) is 11.6 Å². The first-order valence-electron chi connectivity index (χ1n) is 8.81. The van der Waals surface area contributed by atoms with Crippen molar-refractivity contribution in [2.24, 2.45) is 0 Å². The van der Waals surface area contributed by atoms with Gasteiger partial charge in [0.2, 0.25) is 0 Å². The highest BCUT2D eigenvalue weighted by Crippen LogP contribution is 2.25. The third-order valence-electron chi connectivity index (χ3n) is 4.21. The van der Waals surface area contributed by atoms with Gasteiger partial charge < -0.3 is 14.8 Å². The summed E-state index contributed by atoms with van der Waals surface area (Å²) in [6.07, 6.45) is 0. The van der Waals surface area contributed by atoms with Gasteiger partial charge in [0.25, 0.3) is 11.9 Å². The molecule has 0 aliphatic carbocycles. The number of fused-ring (bicyclic) bond motifs is 1. The lowest BCUT2D eigenvalue weighted by atomic mass is 10.2. The Labute approximate surface area is 175 Å². The van der Waals surface area contributed by atoms with Crippen LogP contribution in [-0.2, 0) is 0 Å². The van der Waals surface area contributed by atoms with Crippen LogP contribution in [0.2, 0.25) is 5.02 Å². The molecular formula is C21H15ClN4O4. The van der Waals surface area contributed by atoms with Crippen molar-refractivity contribution in [1.29, 1.82) is 0 Å². The minimum Gasteiger partial charge on any atom is -0.478 e. The van der Waals surface area contributed by atoms with Gasteiger partial charge in [0, 0.05) is 10.7 Å². The highest BCUT2D eigenvalue weighted by atomic mass is 35.5. The van der Waals surface area contributed by atoms with Crippen LogP contribution in [0.3, 0.4) is 0 Å². The number of hydrazine groups is 1. The topological polar surface area (TPSA) is 116 Å². The number of hydrogen-bond acceptors (Lipinski definition) is 6. The smallest absolute Gasteiger partial charge is 0.335 e. The Hall–Kier alpha value is -4.04. The molecule has 9 heteroatoms. The summed E-state index contributed by atoms with van der Waals surface area (Å²) >= 11 is 5.89. The maximum absolute atomic E-state index is 12.6. The second-order valence-corrected chi connectivity index (χ2v) is 6.70. The molecule has 0 spiro atoms. The summed E-state index contributed by atoms with van der Waals surface area (Å²) in [6.45, 7) is 0. The average Bonchev–Trinajstić information content (AvgIpc) is 3.16. The number of amides is 1. The van der Waals surface area contributed by atoms with Gasteiger partial charge >= 0.3 is 5.97 Å². The number of nitrogens with one attached hydrogen (secondary N) is 3. The molecule has 150 valence electrons. The summed E-state index contributed by atoms with van der Waals surface area (Å²) in [6, 6.07) is 18.3. The van der Waals surface area contributed by atoms with Crippen molar-refractivity contribution in [2.45, 2.75) is 0 Å². The fourth-order valence-electron chi connectivity index (χ4n) is 2.73. The molecule has 0 atom stereocenters. The van der Waals surface area contributed by atoms with Crippen LogP contribution in [0, 0.1) is 0 Å². The zero-order valence-electron chi connectivity index (χ0n) is 15.3. The van der Waals surface area contributed by atoms with Gasteiger partial charge in [-0.3, -0.25) is 15.6 Å². The molecule has 0 aliphatic heterocycles. The van der Waals surface area contributed by atoms with Crippen molar-refractivity contribution >= 4 is 52.0 Å².